The third kappa shape index (κ3) is 14.0. The van der Waals surface area contributed by atoms with Crippen LogP contribution in [0.25, 0.3) is 0 Å². The molecule has 156 valence electrons. The van der Waals surface area contributed by atoms with Gasteiger partial charge in [0.25, 0.3) is 0 Å². The standard InChI is InChI=1S/C23H48N2O/c1-2-3-4-5-6-7-8-9-10-11-12-13-14-15-16-17-18-24-19-20-25(23-24)21-22-26/h26H,2-23H2,1H3. The third-order valence-corrected chi connectivity index (χ3v) is 5.88. The topological polar surface area (TPSA) is 26.7 Å². The van der Waals surface area contributed by atoms with E-state index in [1.807, 2.05) is 0 Å². The van der Waals surface area contributed by atoms with Crippen molar-refractivity contribution in [1.82, 2.24) is 9.80 Å². The maximum atomic E-state index is 8.98. The summed E-state index contributed by atoms with van der Waals surface area (Å²) < 4.78 is 0. The quantitative estimate of drug-likeness (QED) is 0.291. The fourth-order valence-corrected chi connectivity index (χ4v) is 4.10. The largest absolute Gasteiger partial charge is 0.395 e. The molecule has 0 aromatic rings. The van der Waals surface area contributed by atoms with E-state index in [-0.39, 0.29) is 0 Å². The van der Waals surface area contributed by atoms with Crippen molar-refractivity contribution in [2.45, 2.75) is 110 Å². The van der Waals surface area contributed by atoms with Gasteiger partial charge in [-0.3, -0.25) is 9.80 Å². The number of unbranched alkanes of at least 4 members (excludes halogenated alkanes) is 15. The average Bonchev–Trinajstić information content (AvgIpc) is 3.09. The molecule has 0 aromatic carbocycles. The molecule has 1 fully saturated rings. The van der Waals surface area contributed by atoms with Crippen LogP contribution in [0, 0.1) is 0 Å². The molecule has 0 aromatic heterocycles. The van der Waals surface area contributed by atoms with Gasteiger partial charge < -0.3 is 5.11 Å². The minimum absolute atomic E-state index is 0.298. The van der Waals surface area contributed by atoms with E-state index in [1.165, 1.54) is 116 Å². The van der Waals surface area contributed by atoms with Crippen LogP contribution in [0.4, 0.5) is 0 Å². The molecule has 0 unspecified atom stereocenters. The van der Waals surface area contributed by atoms with Gasteiger partial charge in [-0.1, -0.05) is 103 Å². The average molecular weight is 369 g/mol. The molecule has 0 radical (unpaired) electrons. The Morgan fingerprint density at radius 2 is 0.923 bits per heavy atom. The molecular formula is C23H48N2O. The predicted octanol–water partition coefficient (Wildman–Crippen LogP) is 5.82. The van der Waals surface area contributed by atoms with E-state index in [0.29, 0.717) is 6.61 Å². The van der Waals surface area contributed by atoms with E-state index < -0.39 is 0 Å². The number of aliphatic hydroxyl groups excluding tert-OH is 1. The van der Waals surface area contributed by atoms with Gasteiger partial charge in [-0.25, -0.2) is 0 Å². The first-order chi connectivity index (χ1) is 12.9. The summed E-state index contributed by atoms with van der Waals surface area (Å²) in [7, 11) is 0. The molecule has 26 heavy (non-hydrogen) atoms. The SMILES string of the molecule is CCCCCCCCCCCCCCCCCCN1CCN(CCO)C1. The molecule has 1 aliphatic rings. The van der Waals surface area contributed by atoms with Crippen LogP contribution in [0.5, 0.6) is 0 Å². The molecule has 0 spiro atoms. The van der Waals surface area contributed by atoms with Gasteiger partial charge in [-0.15, -0.1) is 0 Å². The van der Waals surface area contributed by atoms with Crippen molar-refractivity contribution < 1.29 is 5.11 Å². The van der Waals surface area contributed by atoms with Crippen molar-refractivity contribution in [3.8, 4) is 0 Å². The lowest BCUT2D eigenvalue weighted by Crippen LogP contribution is -2.28. The Hall–Kier alpha value is -0.120. The second-order valence-corrected chi connectivity index (χ2v) is 8.40. The molecule has 0 atom stereocenters. The first-order valence-electron chi connectivity index (χ1n) is 11.9. The van der Waals surface area contributed by atoms with E-state index in [4.69, 9.17) is 5.11 Å². The molecule has 3 heteroatoms. The second-order valence-electron chi connectivity index (χ2n) is 8.40. The molecule has 1 N–H and O–H groups in total. The lowest BCUT2D eigenvalue weighted by Gasteiger charge is -2.16. The van der Waals surface area contributed by atoms with Crippen LogP contribution in [0.2, 0.25) is 0 Å². The van der Waals surface area contributed by atoms with E-state index in [1.54, 1.807) is 0 Å². The molecule has 0 aliphatic carbocycles. The minimum atomic E-state index is 0.298. The molecule has 1 heterocycles. The summed E-state index contributed by atoms with van der Waals surface area (Å²) in [6.07, 6.45) is 23.0. The summed E-state index contributed by atoms with van der Waals surface area (Å²) in [4.78, 5) is 4.89. The number of nitrogens with zero attached hydrogens (tertiary/aromatic N) is 2. The van der Waals surface area contributed by atoms with Gasteiger partial charge in [0.05, 0.1) is 13.3 Å². The fraction of sp³-hybridized carbons (Fsp3) is 1.00. The highest BCUT2D eigenvalue weighted by Gasteiger charge is 2.18. The zero-order valence-corrected chi connectivity index (χ0v) is 17.9. The molecule has 3 nitrogen and oxygen atoms in total. The van der Waals surface area contributed by atoms with E-state index >= 15 is 0 Å². The summed E-state index contributed by atoms with van der Waals surface area (Å²) in [6.45, 7) is 8.09. The lowest BCUT2D eigenvalue weighted by atomic mass is 10.0. The first kappa shape index (κ1) is 23.9. The van der Waals surface area contributed by atoms with Gasteiger partial charge in [0.2, 0.25) is 0 Å². The number of aliphatic hydroxyl groups is 1. The molecule has 0 bridgehead atoms. The number of hydrogen-bond donors (Lipinski definition) is 1. The Bertz CT molecular complexity index is 285. The van der Waals surface area contributed by atoms with Crippen LogP contribution in [-0.4, -0.2) is 54.4 Å². The van der Waals surface area contributed by atoms with E-state index in [2.05, 4.69) is 16.7 Å². The van der Waals surface area contributed by atoms with Gasteiger partial charge in [0.15, 0.2) is 0 Å². The summed E-state index contributed by atoms with van der Waals surface area (Å²) >= 11 is 0. The Morgan fingerprint density at radius 1 is 0.538 bits per heavy atom. The van der Waals surface area contributed by atoms with Gasteiger partial charge in [-0.2, -0.15) is 0 Å². The van der Waals surface area contributed by atoms with Gasteiger partial charge in [-0.05, 0) is 13.0 Å². The van der Waals surface area contributed by atoms with E-state index in [0.717, 1.165) is 19.8 Å². The van der Waals surface area contributed by atoms with Crippen molar-refractivity contribution in [1.29, 1.82) is 0 Å². The number of β-amino-alcohol motifs (C(OH)–C–C–N with tert-alkyl or cyclic N) is 1. The second kappa shape index (κ2) is 18.3. The van der Waals surface area contributed by atoms with Crippen LogP contribution < -0.4 is 0 Å². The summed E-state index contributed by atoms with van der Waals surface area (Å²) in [5.41, 5.74) is 0. The molecule has 1 aliphatic heterocycles. The third-order valence-electron chi connectivity index (χ3n) is 5.88. The van der Waals surface area contributed by atoms with Gasteiger partial charge in [0, 0.05) is 19.6 Å². The zero-order chi connectivity index (χ0) is 18.7. The van der Waals surface area contributed by atoms with Gasteiger partial charge in [0.1, 0.15) is 0 Å². The summed E-state index contributed by atoms with van der Waals surface area (Å²) in [6, 6.07) is 0. The minimum Gasteiger partial charge on any atom is -0.395 e. The zero-order valence-electron chi connectivity index (χ0n) is 17.9. The lowest BCUT2D eigenvalue weighted by molar-refractivity contribution is 0.191. The summed E-state index contributed by atoms with van der Waals surface area (Å²) in [5.74, 6) is 0. The fourth-order valence-electron chi connectivity index (χ4n) is 4.10. The van der Waals surface area contributed by atoms with Crippen LogP contribution in [-0.2, 0) is 0 Å². The van der Waals surface area contributed by atoms with Crippen molar-refractivity contribution in [2.24, 2.45) is 0 Å². The highest BCUT2D eigenvalue weighted by Crippen LogP contribution is 2.14. The van der Waals surface area contributed by atoms with Crippen LogP contribution in [0.3, 0.4) is 0 Å². The normalized spacial score (nSPS) is 15.9. The number of rotatable bonds is 19. The Labute approximate surface area is 164 Å². The van der Waals surface area contributed by atoms with Crippen LogP contribution in [0.1, 0.15) is 110 Å². The maximum Gasteiger partial charge on any atom is 0.0558 e. The number of hydrogen-bond acceptors (Lipinski definition) is 3. The van der Waals surface area contributed by atoms with Crippen LogP contribution >= 0.6 is 0 Å². The van der Waals surface area contributed by atoms with Crippen molar-refractivity contribution in [2.75, 3.05) is 39.5 Å². The van der Waals surface area contributed by atoms with Crippen LogP contribution in [0.15, 0.2) is 0 Å². The molecule has 0 saturated carbocycles. The Balaban J connectivity index is 1.70. The molecule has 1 saturated heterocycles. The van der Waals surface area contributed by atoms with Crippen molar-refractivity contribution >= 4 is 0 Å². The Kier molecular flexibility index (Phi) is 16.8. The smallest absolute Gasteiger partial charge is 0.0558 e. The monoisotopic (exact) mass is 368 g/mol. The Morgan fingerprint density at radius 3 is 1.35 bits per heavy atom. The van der Waals surface area contributed by atoms with E-state index in [9.17, 15) is 0 Å². The van der Waals surface area contributed by atoms with Crippen molar-refractivity contribution in [3.05, 3.63) is 0 Å². The highest BCUT2D eigenvalue weighted by atomic mass is 16.3. The maximum absolute atomic E-state index is 8.98. The molecule has 1 rings (SSSR count). The van der Waals surface area contributed by atoms with Crippen molar-refractivity contribution in [3.63, 3.8) is 0 Å². The molecule has 0 amide bonds. The molecular weight excluding hydrogens is 320 g/mol. The first-order valence-corrected chi connectivity index (χ1v) is 11.9. The highest BCUT2D eigenvalue weighted by molar-refractivity contribution is 4.70. The predicted molar refractivity (Wildman–Crippen MR) is 115 cm³/mol. The summed E-state index contributed by atoms with van der Waals surface area (Å²) in [5, 5.41) is 8.98. The van der Waals surface area contributed by atoms with Gasteiger partial charge >= 0.3 is 0 Å².